The Bertz CT molecular complexity index is 272. The zero-order valence-electron chi connectivity index (χ0n) is 12.1. The van der Waals surface area contributed by atoms with Crippen molar-refractivity contribution in [2.45, 2.75) is 25.7 Å². The molecular formula is C14H27N3O2. The summed E-state index contributed by atoms with van der Waals surface area (Å²) in [5.74, 6) is 1.66. The van der Waals surface area contributed by atoms with Crippen LogP contribution in [0.5, 0.6) is 0 Å². The van der Waals surface area contributed by atoms with Crippen LogP contribution in [0.2, 0.25) is 0 Å². The van der Waals surface area contributed by atoms with Crippen LogP contribution in [0.3, 0.4) is 0 Å². The summed E-state index contributed by atoms with van der Waals surface area (Å²) in [7, 11) is 1.86. The molecule has 2 heterocycles. The molecule has 110 valence electrons. The molecule has 0 spiro atoms. The van der Waals surface area contributed by atoms with Gasteiger partial charge in [-0.1, -0.05) is 0 Å². The Labute approximate surface area is 116 Å². The van der Waals surface area contributed by atoms with Gasteiger partial charge in [0.15, 0.2) is 5.96 Å². The van der Waals surface area contributed by atoms with Crippen LogP contribution in [0.4, 0.5) is 0 Å². The summed E-state index contributed by atoms with van der Waals surface area (Å²) in [6.07, 6.45) is 4.75. The molecule has 0 aliphatic carbocycles. The topological polar surface area (TPSA) is 46.1 Å². The Morgan fingerprint density at radius 1 is 1.42 bits per heavy atom. The molecule has 2 rings (SSSR count). The Kier molecular flexibility index (Phi) is 6.44. The summed E-state index contributed by atoms with van der Waals surface area (Å²) in [6.45, 7) is 6.66. The molecule has 5 heteroatoms. The molecule has 1 unspecified atom stereocenters. The van der Waals surface area contributed by atoms with Gasteiger partial charge in [-0.15, -0.1) is 0 Å². The predicted octanol–water partition coefficient (Wildman–Crippen LogP) is 1.10. The van der Waals surface area contributed by atoms with E-state index in [4.69, 9.17) is 9.47 Å². The van der Waals surface area contributed by atoms with Crippen molar-refractivity contribution in [1.29, 1.82) is 0 Å². The number of nitrogens with zero attached hydrogens (tertiary/aromatic N) is 2. The van der Waals surface area contributed by atoms with E-state index in [0.717, 1.165) is 64.9 Å². The third-order valence-corrected chi connectivity index (χ3v) is 3.74. The zero-order valence-corrected chi connectivity index (χ0v) is 12.1. The molecule has 0 saturated carbocycles. The predicted molar refractivity (Wildman–Crippen MR) is 76.5 cm³/mol. The van der Waals surface area contributed by atoms with Crippen LogP contribution in [0.15, 0.2) is 4.99 Å². The summed E-state index contributed by atoms with van der Waals surface area (Å²) >= 11 is 0. The Morgan fingerprint density at radius 3 is 2.95 bits per heavy atom. The standard InChI is InChI=1S/C14H27N3O2/c1-15-14(17-7-2-3-8-17)16-6-4-9-18-11-13-5-10-19-12-13/h13H,2-12H2,1H3,(H,15,16). The minimum Gasteiger partial charge on any atom is -0.381 e. The van der Waals surface area contributed by atoms with Crippen molar-refractivity contribution in [2.75, 3.05) is 53.1 Å². The highest BCUT2D eigenvalue weighted by atomic mass is 16.5. The maximum atomic E-state index is 5.69. The maximum absolute atomic E-state index is 5.69. The van der Waals surface area contributed by atoms with Gasteiger partial charge in [0, 0.05) is 45.8 Å². The van der Waals surface area contributed by atoms with Gasteiger partial charge in [-0.25, -0.2) is 0 Å². The van der Waals surface area contributed by atoms with Crippen LogP contribution in [0.1, 0.15) is 25.7 Å². The fourth-order valence-corrected chi connectivity index (χ4v) is 2.60. The van der Waals surface area contributed by atoms with Crippen LogP contribution in [-0.2, 0) is 9.47 Å². The van der Waals surface area contributed by atoms with E-state index >= 15 is 0 Å². The maximum Gasteiger partial charge on any atom is 0.193 e. The molecule has 0 amide bonds. The van der Waals surface area contributed by atoms with Crippen molar-refractivity contribution in [3.05, 3.63) is 0 Å². The van der Waals surface area contributed by atoms with Crippen molar-refractivity contribution in [3.8, 4) is 0 Å². The van der Waals surface area contributed by atoms with Gasteiger partial charge in [0.2, 0.25) is 0 Å². The lowest BCUT2D eigenvalue weighted by molar-refractivity contribution is 0.0887. The third-order valence-electron chi connectivity index (χ3n) is 3.74. The van der Waals surface area contributed by atoms with Crippen LogP contribution in [0.25, 0.3) is 0 Å². The van der Waals surface area contributed by atoms with Gasteiger partial charge in [-0.3, -0.25) is 4.99 Å². The molecule has 0 aromatic carbocycles. The number of nitrogens with one attached hydrogen (secondary N) is 1. The molecule has 1 atom stereocenters. The van der Waals surface area contributed by atoms with Gasteiger partial charge in [-0.2, -0.15) is 0 Å². The molecule has 1 N–H and O–H groups in total. The lowest BCUT2D eigenvalue weighted by Crippen LogP contribution is -2.40. The molecule has 2 saturated heterocycles. The Hall–Kier alpha value is -0.810. The average Bonchev–Trinajstić information content (AvgIpc) is 3.11. The number of ether oxygens (including phenoxy) is 2. The van der Waals surface area contributed by atoms with Crippen molar-refractivity contribution in [1.82, 2.24) is 10.2 Å². The second-order valence-corrected chi connectivity index (χ2v) is 5.33. The first-order valence-corrected chi connectivity index (χ1v) is 7.51. The van der Waals surface area contributed by atoms with E-state index in [9.17, 15) is 0 Å². The number of guanidine groups is 1. The highest BCUT2D eigenvalue weighted by Gasteiger charge is 2.16. The summed E-state index contributed by atoms with van der Waals surface area (Å²) < 4.78 is 11.0. The molecular weight excluding hydrogens is 242 g/mol. The van der Waals surface area contributed by atoms with Gasteiger partial charge < -0.3 is 19.7 Å². The molecule has 5 nitrogen and oxygen atoms in total. The van der Waals surface area contributed by atoms with Crippen molar-refractivity contribution in [2.24, 2.45) is 10.9 Å². The zero-order chi connectivity index (χ0) is 13.3. The fourth-order valence-electron chi connectivity index (χ4n) is 2.60. The minimum absolute atomic E-state index is 0.616. The largest absolute Gasteiger partial charge is 0.381 e. The molecule has 2 aliphatic heterocycles. The van der Waals surface area contributed by atoms with E-state index in [2.05, 4.69) is 15.2 Å². The van der Waals surface area contributed by atoms with Gasteiger partial charge in [0.05, 0.1) is 13.2 Å². The van der Waals surface area contributed by atoms with E-state index in [-0.39, 0.29) is 0 Å². The smallest absolute Gasteiger partial charge is 0.193 e. The summed E-state index contributed by atoms with van der Waals surface area (Å²) in [6, 6.07) is 0. The Balaban J connectivity index is 1.48. The van der Waals surface area contributed by atoms with Gasteiger partial charge >= 0.3 is 0 Å². The normalized spacial score (nSPS) is 24.2. The van der Waals surface area contributed by atoms with Crippen molar-refractivity contribution in [3.63, 3.8) is 0 Å². The lowest BCUT2D eigenvalue weighted by atomic mass is 10.1. The number of rotatable bonds is 6. The first kappa shape index (κ1) is 14.6. The third kappa shape index (κ3) is 4.99. The number of aliphatic imine (C=N–C) groups is 1. The molecule has 19 heavy (non-hydrogen) atoms. The van der Waals surface area contributed by atoms with Gasteiger partial charge in [-0.05, 0) is 25.7 Å². The quantitative estimate of drug-likeness (QED) is 0.446. The second-order valence-electron chi connectivity index (χ2n) is 5.33. The molecule has 0 radical (unpaired) electrons. The number of likely N-dealkylation sites (tertiary alicyclic amines) is 1. The first-order chi connectivity index (χ1) is 9.40. The van der Waals surface area contributed by atoms with Crippen LogP contribution >= 0.6 is 0 Å². The van der Waals surface area contributed by atoms with Crippen molar-refractivity contribution >= 4 is 5.96 Å². The highest BCUT2D eigenvalue weighted by Crippen LogP contribution is 2.12. The molecule has 0 bridgehead atoms. The van der Waals surface area contributed by atoms with E-state index in [1.807, 2.05) is 7.05 Å². The molecule has 0 aromatic heterocycles. The summed E-state index contributed by atoms with van der Waals surface area (Å²) in [4.78, 5) is 6.66. The van der Waals surface area contributed by atoms with Crippen LogP contribution in [-0.4, -0.2) is 64.0 Å². The van der Waals surface area contributed by atoms with E-state index in [1.165, 1.54) is 12.8 Å². The minimum atomic E-state index is 0.616. The monoisotopic (exact) mass is 269 g/mol. The molecule has 2 fully saturated rings. The van der Waals surface area contributed by atoms with E-state index < -0.39 is 0 Å². The summed E-state index contributed by atoms with van der Waals surface area (Å²) in [5, 5.41) is 3.41. The number of hydrogen-bond donors (Lipinski definition) is 1. The summed E-state index contributed by atoms with van der Waals surface area (Å²) in [5.41, 5.74) is 0. The molecule has 2 aliphatic rings. The van der Waals surface area contributed by atoms with Crippen LogP contribution < -0.4 is 5.32 Å². The van der Waals surface area contributed by atoms with Gasteiger partial charge in [0.1, 0.15) is 0 Å². The van der Waals surface area contributed by atoms with E-state index in [0.29, 0.717) is 5.92 Å². The highest BCUT2D eigenvalue weighted by molar-refractivity contribution is 5.80. The molecule has 0 aromatic rings. The van der Waals surface area contributed by atoms with Crippen LogP contribution in [0, 0.1) is 5.92 Å². The Morgan fingerprint density at radius 2 is 2.26 bits per heavy atom. The van der Waals surface area contributed by atoms with E-state index in [1.54, 1.807) is 0 Å². The average molecular weight is 269 g/mol. The van der Waals surface area contributed by atoms with Gasteiger partial charge in [0.25, 0.3) is 0 Å². The number of hydrogen-bond acceptors (Lipinski definition) is 3. The fraction of sp³-hybridized carbons (Fsp3) is 0.929. The second kappa shape index (κ2) is 8.38. The SMILES string of the molecule is CN=C(NCCCOCC1CCOC1)N1CCCC1. The lowest BCUT2D eigenvalue weighted by Gasteiger charge is -2.20. The van der Waals surface area contributed by atoms with Crippen molar-refractivity contribution < 1.29 is 9.47 Å². The first-order valence-electron chi connectivity index (χ1n) is 7.51.